The standard InChI is InChI=1S/C7H13O2/c1-6-8-5-4-7(2,3)9-6/h4-5H2,1-3H3. The van der Waals surface area contributed by atoms with Crippen LogP contribution in [0.15, 0.2) is 0 Å². The van der Waals surface area contributed by atoms with Crippen LogP contribution in [0.1, 0.15) is 27.2 Å². The van der Waals surface area contributed by atoms with Gasteiger partial charge in [-0.05, 0) is 27.2 Å². The van der Waals surface area contributed by atoms with Gasteiger partial charge in [0.1, 0.15) is 0 Å². The summed E-state index contributed by atoms with van der Waals surface area (Å²) in [6.07, 6.45) is 1.68. The Labute approximate surface area is 56.2 Å². The molecule has 2 heteroatoms. The van der Waals surface area contributed by atoms with E-state index in [1.807, 2.05) is 6.92 Å². The lowest BCUT2D eigenvalue weighted by atomic mass is 10.1. The molecular formula is C7H13O2. The van der Waals surface area contributed by atoms with Crippen LogP contribution in [0.4, 0.5) is 0 Å². The molecule has 9 heavy (non-hydrogen) atoms. The molecule has 1 saturated heterocycles. The smallest absolute Gasteiger partial charge is 0.221 e. The Bertz CT molecular complexity index is 99.1. The minimum Gasteiger partial charge on any atom is -0.345 e. The lowest BCUT2D eigenvalue weighted by molar-refractivity contribution is -0.163. The molecule has 53 valence electrons. The van der Waals surface area contributed by atoms with E-state index in [0.29, 0.717) is 6.29 Å². The van der Waals surface area contributed by atoms with Gasteiger partial charge in [-0.1, -0.05) is 0 Å². The highest BCUT2D eigenvalue weighted by molar-refractivity contribution is 4.77. The predicted octanol–water partition coefficient (Wildman–Crippen LogP) is 1.71. The molecular weight excluding hydrogens is 116 g/mol. The van der Waals surface area contributed by atoms with Gasteiger partial charge in [0.05, 0.1) is 12.2 Å². The van der Waals surface area contributed by atoms with Crippen LogP contribution in [-0.2, 0) is 9.47 Å². The van der Waals surface area contributed by atoms with Crippen LogP contribution >= 0.6 is 0 Å². The second-order valence-electron chi connectivity index (χ2n) is 2.95. The van der Waals surface area contributed by atoms with Crippen molar-refractivity contribution in [2.24, 2.45) is 0 Å². The van der Waals surface area contributed by atoms with Crippen LogP contribution in [0.2, 0.25) is 0 Å². The first kappa shape index (κ1) is 7.03. The van der Waals surface area contributed by atoms with E-state index in [1.165, 1.54) is 0 Å². The van der Waals surface area contributed by atoms with Gasteiger partial charge in [-0.15, -0.1) is 0 Å². The maximum Gasteiger partial charge on any atom is 0.221 e. The van der Waals surface area contributed by atoms with Gasteiger partial charge in [-0.25, -0.2) is 0 Å². The summed E-state index contributed by atoms with van der Waals surface area (Å²) >= 11 is 0. The molecule has 0 unspecified atom stereocenters. The Morgan fingerprint density at radius 3 is 2.44 bits per heavy atom. The zero-order chi connectivity index (χ0) is 6.91. The molecule has 0 spiro atoms. The second kappa shape index (κ2) is 2.27. The molecule has 0 aliphatic carbocycles. The van der Waals surface area contributed by atoms with Gasteiger partial charge in [0.25, 0.3) is 0 Å². The SMILES string of the molecule is C[C]1OCCC(C)(C)O1. The molecule has 1 aliphatic rings. The van der Waals surface area contributed by atoms with Crippen molar-refractivity contribution >= 4 is 0 Å². The Morgan fingerprint density at radius 1 is 1.44 bits per heavy atom. The van der Waals surface area contributed by atoms with E-state index in [-0.39, 0.29) is 5.60 Å². The van der Waals surface area contributed by atoms with E-state index in [4.69, 9.17) is 9.47 Å². The van der Waals surface area contributed by atoms with Crippen LogP contribution in [0.5, 0.6) is 0 Å². The molecule has 1 fully saturated rings. The fraction of sp³-hybridized carbons (Fsp3) is 0.857. The number of hydrogen-bond donors (Lipinski definition) is 0. The van der Waals surface area contributed by atoms with Gasteiger partial charge in [0.2, 0.25) is 6.29 Å². The molecule has 0 aromatic carbocycles. The molecule has 0 bridgehead atoms. The minimum atomic E-state index is -0.0116. The first-order valence-electron chi connectivity index (χ1n) is 3.25. The van der Waals surface area contributed by atoms with Gasteiger partial charge in [-0.2, -0.15) is 0 Å². The average molecular weight is 129 g/mol. The minimum absolute atomic E-state index is 0.0116. The van der Waals surface area contributed by atoms with Crippen LogP contribution in [0.3, 0.4) is 0 Å². The molecule has 0 atom stereocenters. The van der Waals surface area contributed by atoms with Crippen molar-refractivity contribution in [3.8, 4) is 0 Å². The molecule has 0 saturated carbocycles. The van der Waals surface area contributed by atoms with E-state index in [2.05, 4.69) is 13.8 Å². The van der Waals surface area contributed by atoms with Crippen molar-refractivity contribution in [1.29, 1.82) is 0 Å². The van der Waals surface area contributed by atoms with Crippen LogP contribution in [0, 0.1) is 6.29 Å². The van der Waals surface area contributed by atoms with E-state index in [1.54, 1.807) is 0 Å². The first-order chi connectivity index (χ1) is 4.10. The van der Waals surface area contributed by atoms with Gasteiger partial charge in [0, 0.05) is 0 Å². The summed E-state index contributed by atoms with van der Waals surface area (Å²) in [6, 6.07) is 0. The zero-order valence-corrected chi connectivity index (χ0v) is 6.23. The monoisotopic (exact) mass is 129 g/mol. The third-order valence-electron chi connectivity index (χ3n) is 1.43. The Balaban J connectivity index is 2.41. The normalized spacial score (nSPS) is 28.3. The van der Waals surface area contributed by atoms with Crippen LogP contribution < -0.4 is 0 Å². The molecule has 2 nitrogen and oxygen atoms in total. The summed E-state index contributed by atoms with van der Waals surface area (Å²) < 4.78 is 10.5. The lowest BCUT2D eigenvalue weighted by Gasteiger charge is -2.32. The largest absolute Gasteiger partial charge is 0.345 e. The highest BCUT2D eigenvalue weighted by Crippen LogP contribution is 2.25. The topological polar surface area (TPSA) is 18.5 Å². The van der Waals surface area contributed by atoms with Crippen molar-refractivity contribution in [2.45, 2.75) is 32.8 Å². The summed E-state index contributed by atoms with van der Waals surface area (Å²) in [5.41, 5.74) is -0.0116. The molecule has 0 amide bonds. The third-order valence-corrected chi connectivity index (χ3v) is 1.43. The number of hydrogen-bond acceptors (Lipinski definition) is 2. The average Bonchev–Trinajstić information content (AvgIpc) is 1.60. The van der Waals surface area contributed by atoms with Gasteiger partial charge in [-0.3, -0.25) is 0 Å². The lowest BCUT2D eigenvalue weighted by Crippen LogP contribution is -2.33. The van der Waals surface area contributed by atoms with Crippen LogP contribution in [-0.4, -0.2) is 12.2 Å². The van der Waals surface area contributed by atoms with Crippen molar-refractivity contribution in [3.05, 3.63) is 6.29 Å². The van der Waals surface area contributed by atoms with Crippen molar-refractivity contribution in [3.63, 3.8) is 0 Å². The molecule has 1 heterocycles. The summed E-state index contributed by atoms with van der Waals surface area (Å²) in [5, 5.41) is 0. The Morgan fingerprint density at radius 2 is 2.11 bits per heavy atom. The first-order valence-corrected chi connectivity index (χ1v) is 3.25. The maximum absolute atomic E-state index is 5.37. The summed E-state index contributed by atoms with van der Waals surface area (Å²) in [6.45, 7) is 6.78. The van der Waals surface area contributed by atoms with E-state index in [9.17, 15) is 0 Å². The van der Waals surface area contributed by atoms with Crippen molar-refractivity contribution in [1.82, 2.24) is 0 Å². The van der Waals surface area contributed by atoms with Gasteiger partial charge >= 0.3 is 0 Å². The quantitative estimate of drug-likeness (QED) is 0.495. The summed E-state index contributed by atoms with van der Waals surface area (Å²) in [7, 11) is 0. The van der Waals surface area contributed by atoms with E-state index >= 15 is 0 Å². The fourth-order valence-electron chi connectivity index (χ4n) is 0.910. The molecule has 0 aromatic heterocycles. The molecule has 0 N–H and O–H groups in total. The molecule has 1 radical (unpaired) electrons. The number of ether oxygens (including phenoxy) is 2. The summed E-state index contributed by atoms with van der Waals surface area (Å²) in [4.78, 5) is 0. The zero-order valence-electron chi connectivity index (χ0n) is 6.23. The van der Waals surface area contributed by atoms with Gasteiger partial charge in [0.15, 0.2) is 0 Å². The molecule has 0 aromatic rings. The predicted molar refractivity (Wildman–Crippen MR) is 34.6 cm³/mol. The Hall–Kier alpha value is -0.0800. The third kappa shape index (κ3) is 1.95. The highest BCUT2D eigenvalue weighted by Gasteiger charge is 2.27. The fourth-order valence-corrected chi connectivity index (χ4v) is 0.910. The van der Waals surface area contributed by atoms with E-state index in [0.717, 1.165) is 13.0 Å². The highest BCUT2D eigenvalue weighted by atomic mass is 16.7. The molecule has 1 aliphatic heterocycles. The number of rotatable bonds is 0. The Kier molecular flexibility index (Phi) is 1.78. The molecule has 1 rings (SSSR count). The van der Waals surface area contributed by atoms with Crippen molar-refractivity contribution < 1.29 is 9.47 Å². The second-order valence-corrected chi connectivity index (χ2v) is 2.95. The van der Waals surface area contributed by atoms with Crippen molar-refractivity contribution in [2.75, 3.05) is 6.61 Å². The maximum atomic E-state index is 5.37. The van der Waals surface area contributed by atoms with Crippen LogP contribution in [0.25, 0.3) is 0 Å². The van der Waals surface area contributed by atoms with E-state index < -0.39 is 0 Å². The van der Waals surface area contributed by atoms with Gasteiger partial charge < -0.3 is 9.47 Å². The summed E-state index contributed by atoms with van der Waals surface area (Å²) in [5.74, 6) is 0.